The quantitative estimate of drug-likeness (QED) is 0.105. The van der Waals surface area contributed by atoms with Crippen LogP contribution in [-0.2, 0) is 38.6 Å². The second-order valence-corrected chi connectivity index (χ2v) is 11.1. The predicted octanol–water partition coefficient (Wildman–Crippen LogP) is 7.38. The predicted molar refractivity (Wildman–Crippen MR) is 167 cm³/mol. The molecule has 42 heavy (non-hydrogen) atoms. The summed E-state index contributed by atoms with van der Waals surface area (Å²) in [6.45, 7) is 0.628. The summed E-state index contributed by atoms with van der Waals surface area (Å²) in [7, 11) is 4.47. The summed E-state index contributed by atoms with van der Waals surface area (Å²) < 4.78 is 21.0. The maximum atomic E-state index is 11.8. The number of unbranched alkanes of at least 4 members (excludes halogenated alkanes) is 5. The standard InChI is InChI=1S/C34H43NO6S/c1-38-30-17-14-26(15-18-30)11-8-6-4-5-7-9-22-41-32-20-16-29(35-31(32)19-21-33(36)39-2)25-42-24-27-12-10-13-28(23-27)34(37)40-3/h10,12-18,20,23H,4-9,11,19,21-22,24-25H2,1-3H3. The molecule has 0 aliphatic heterocycles. The van der Waals surface area contributed by atoms with Gasteiger partial charge in [0.25, 0.3) is 0 Å². The highest BCUT2D eigenvalue weighted by Crippen LogP contribution is 2.24. The number of benzene rings is 2. The molecule has 0 aliphatic carbocycles. The second kappa shape index (κ2) is 18.8. The lowest BCUT2D eigenvalue weighted by atomic mass is 10.0. The number of pyridine rings is 1. The smallest absolute Gasteiger partial charge is 0.337 e. The van der Waals surface area contributed by atoms with E-state index in [0.29, 0.717) is 24.3 Å². The lowest BCUT2D eigenvalue weighted by molar-refractivity contribution is -0.140. The summed E-state index contributed by atoms with van der Waals surface area (Å²) in [4.78, 5) is 28.4. The summed E-state index contributed by atoms with van der Waals surface area (Å²) in [6.07, 6.45) is 8.78. The topological polar surface area (TPSA) is 84.0 Å². The van der Waals surface area contributed by atoms with Crippen molar-refractivity contribution in [1.29, 1.82) is 0 Å². The number of carbonyl (C=O) groups is 2. The molecule has 0 N–H and O–H groups in total. The number of methoxy groups -OCH3 is 3. The van der Waals surface area contributed by atoms with Gasteiger partial charge in [-0.15, -0.1) is 0 Å². The molecule has 3 rings (SSSR count). The molecule has 0 fully saturated rings. The Labute approximate surface area is 254 Å². The number of hydrogen-bond acceptors (Lipinski definition) is 8. The van der Waals surface area contributed by atoms with Gasteiger partial charge in [0, 0.05) is 17.9 Å². The van der Waals surface area contributed by atoms with Crippen LogP contribution < -0.4 is 9.47 Å². The Bertz CT molecular complexity index is 1250. The van der Waals surface area contributed by atoms with Crippen LogP contribution in [-0.4, -0.2) is 44.9 Å². The van der Waals surface area contributed by atoms with E-state index < -0.39 is 0 Å². The third-order valence-electron chi connectivity index (χ3n) is 6.93. The summed E-state index contributed by atoms with van der Waals surface area (Å²) >= 11 is 1.71. The van der Waals surface area contributed by atoms with Crippen LogP contribution in [0, 0.1) is 0 Å². The number of thioether (sulfide) groups is 1. The van der Waals surface area contributed by atoms with E-state index in [0.717, 1.165) is 53.5 Å². The van der Waals surface area contributed by atoms with Gasteiger partial charge in [0.1, 0.15) is 11.5 Å². The molecule has 0 atom stereocenters. The molecule has 0 radical (unpaired) electrons. The van der Waals surface area contributed by atoms with Gasteiger partial charge in [-0.25, -0.2) is 4.79 Å². The van der Waals surface area contributed by atoms with E-state index in [1.54, 1.807) is 24.9 Å². The summed E-state index contributed by atoms with van der Waals surface area (Å²) in [5.41, 5.74) is 4.66. The minimum Gasteiger partial charge on any atom is -0.497 e. The van der Waals surface area contributed by atoms with Gasteiger partial charge in [-0.1, -0.05) is 49.9 Å². The number of esters is 2. The van der Waals surface area contributed by atoms with Gasteiger partial charge in [0.2, 0.25) is 0 Å². The largest absolute Gasteiger partial charge is 0.497 e. The average Bonchev–Trinajstić information content (AvgIpc) is 3.03. The van der Waals surface area contributed by atoms with Gasteiger partial charge < -0.3 is 18.9 Å². The second-order valence-electron chi connectivity index (χ2n) is 10.1. The highest BCUT2D eigenvalue weighted by molar-refractivity contribution is 7.97. The third kappa shape index (κ3) is 11.8. The molecule has 8 heteroatoms. The Hall–Kier alpha value is -3.52. The first kappa shape index (κ1) is 33.0. The van der Waals surface area contributed by atoms with E-state index in [1.807, 2.05) is 42.5 Å². The molecule has 3 aromatic rings. The molecule has 2 aromatic carbocycles. The van der Waals surface area contributed by atoms with E-state index in [9.17, 15) is 9.59 Å². The van der Waals surface area contributed by atoms with Gasteiger partial charge in [-0.05, 0) is 66.8 Å². The van der Waals surface area contributed by atoms with E-state index >= 15 is 0 Å². The first-order valence-corrected chi connectivity index (χ1v) is 15.7. The zero-order chi connectivity index (χ0) is 30.0. The molecule has 0 saturated carbocycles. The van der Waals surface area contributed by atoms with Crippen LogP contribution in [0.15, 0.2) is 60.7 Å². The first-order chi connectivity index (χ1) is 20.5. The molecule has 0 unspecified atom stereocenters. The van der Waals surface area contributed by atoms with Crippen molar-refractivity contribution in [2.45, 2.75) is 69.3 Å². The number of nitrogens with zero attached hydrogens (tertiary/aromatic N) is 1. The van der Waals surface area contributed by atoms with Gasteiger partial charge in [-0.3, -0.25) is 9.78 Å². The highest BCUT2D eigenvalue weighted by Gasteiger charge is 2.12. The summed E-state index contributed by atoms with van der Waals surface area (Å²) in [5, 5.41) is 0. The summed E-state index contributed by atoms with van der Waals surface area (Å²) in [5.74, 6) is 2.47. The van der Waals surface area contributed by atoms with Crippen molar-refractivity contribution in [2.24, 2.45) is 0 Å². The van der Waals surface area contributed by atoms with Gasteiger partial charge in [0.05, 0.1) is 51.3 Å². The molecule has 0 saturated heterocycles. The SMILES string of the molecule is COC(=O)CCc1nc(CSCc2cccc(C(=O)OC)c2)ccc1OCCCCCCCCc1ccc(OC)cc1. The Morgan fingerprint density at radius 3 is 2.26 bits per heavy atom. The number of hydrogen-bond donors (Lipinski definition) is 0. The van der Waals surface area contributed by atoms with Crippen LogP contribution in [0.1, 0.15) is 77.8 Å². The van der Waals surface area contributed by atoms with Crippen molar-refractivity contribution >= 4 is 23.7 Å². The fourth-order valence-electron chi connectivity index (χ4n) is 4.54. The van der Waals surface area contributed by atoms with Crippen molar-refractivity contribution in [3.63, 3.8) is 0 Å². The Morgan fingerprint density at radius 1 is 0.762 bits per heavy atom. The number of aryl methyl sites for hydroxylation is 2. The van der Waals surface area contributed by atoms with E-state index in [2.05, 4.69) is 12.1 Å². The molecule has 0 bridgehead atoms. The molecule has 226 valence electrons. The molecular weight excluding hydrogens is 550 g/mol. The number of ether oxygens (including phenoxy) is 4. The molecule has 0 aliphatic rings. The summed E-state index contributed by atoms with van der Waals surface area (Å²) in [6, 6.07) is 19.7. The first-order valence-electron chi connectivity index (χ1n) is 14.6. The van der Waals surface area contributed by atoms with Crippen LogP contribution in [0.25, 0.3) is 0 Å². The normalized spacial score (nSPS) is 10.7. The van der Waals surface area contributed by atoms with E-state index in [-0.39, 0.29) is 18.4 Å². The Morgan fingerprint density at radius 2 is 1.52 bits per heavy atom. The van der Waals surface area contributed by atoms with Crippen LogP contribution in [0.3, 0.4) is 0 Å². The van der Waals surface area contributed by atoms with Gasteiger partial charge in [0.15, 0.2) is 0 Å². The molecule has 1 heterocycles. The fraction of sp³-hybridized carbons (Fsp3) is 0.441. The lowest BCUT2D eigenvalue weighted by Crippen LogP contribution is -2.07. The molecule has 0 spiro atoms. The van der Waals surface area contributed by atoms with E-state index in [4.69, 9.17) is 23.9 Å². The monoisotopic (exact) mass is 593 g/mol. The molecular formula is C34H43NO6S. The third-order valence-corrected chi connectivity index (χ3v) is 7.96. The van der Waals surface area contributed by atoms with Crippen molar-refractivity contribution in [1.82, 2.24) is 4.98 Å². The zero-order valence-electron chi connectivity index (χ0n) is 25.1. The van der Waals surface area contributed by atoms with E-state index in [1.165, 1.54) is 45.5 Å². The molecule has 7 nitrogen and oxygen atoms in total. The number of aromatic nitrogens is 1. The highest BCUT2D eigenvalue weighted by atomic mass is 32.2. The lowest BCUT2D eigenvalue weighted by Gasteiger charge is -2.13. The zero-order valence-corrected chi connectivity index (χ0v) is 25.9. The Kier molecular flexibility index (Phi) is 14.8. The minimum absolute atomic E-state index is 0.257. The van der Waals surface area contributed by atoms with Crippen molar-refractivity contribution in [3.05, 3.63) is 88.7 Å². The molecule has 0 amide bonds. The fourth-order valence-corrected chi connectivity index (χ4v) is 5.43. The van der Waals surface area contributed by atoms with Crippen LogP contribution in [0.2, 0.25) is 0 Å². The van der Waals surface area contributed by atoms with Gasteiger partial charge >= 0.3 is 11.9 Å². The van der Waals surface area contributed by atoms with Crippen molar-refractivity contribution < 1.29 is 28.5 Å². The number of rotatable bonds is 19. The van der Waals surface area contributed by atoms with Gasteiger partial charge in [-0.2, -0.15) is 11.8 Å². The molecule has 1 aromatic heterocycles. The van der Waals surface area contributed by atoms with Crippen molar-refractivity contribution in [2.75, 3.05) is 27.9 Å². The minimum atomic E-state index is -0.338. The van der Waals surface area contributed by atoms with Crippen LogP contribution in [0.4, 0.5) is 0 Å². The van der Waals surface area contributed by atoms with Crippen LogP contribution in [0.5, 0.6) is 11.5 Å². The number of carbonyl (C=O) groups excluding carboxylic acids is 2. The Balaban J connectivity index is 1.40. The van der Waals surface area contributed by atoms with Crippen molar-refractivity contribution in [3.8, 4) is 11.5 Å². The maximum Gasteiger partial charge on any atom is 0.337 e. The average molecular weight is 594 g/mol. The maximum absolute atomic E-state index is 11.8. The van der Waals surface area contributed by atoms with Crippen LogP contribution >= 0.6 is 11.8 Å².